The molecule has 3 rings (SSSR count). The van der Waals surface area contributed by atoms with Crippen molar-refractivity contribution in [2.24, 2.45) is 0 Å². The summed E-state index contributed by atoms with van der Waals surface area (Å²) >= 11 is 0. The van der Waals surface area contributed by atoms with E-state index in [2.05, 4.69) is 25.0 Å². The first-order valence-corrected chi connectivity index (χ1v) is 8.08. The first-order chi connectivity index (χ1) is 13.3. The van der Waals surface area contributed by atoms with Crippen LogP contribution >= 0.6 is 0 Å². The molecule has 0 bridgehead atoms. The topological polar surface area (TPSA) is 83.1 Å². The van der Waals surface area contributed by atoms with Gasteiger partial charge >= 0.3 is 6.61 Å². The van der Waals surface area contributed by atoms with Crippen molar-refractivity contribution in [2.75, 3.05) is 24.3 Å². The van der Waals surface area contributed by atoms with Gasteiger partial charge in [-0.2, -0.15) is 13.8 Å². The largest absolute Gasteiger partial charge is 0.435 e. The Morgan fingerprint density at radius 3 is 2.54 bits per heavy atom. The monoisotopic (exact) mass is 391 g/mol. The molecule has 0 saturated heterocycles. The molecule has 0 atom stereocenters. The molecule has 7 nitrogen and oxygen atoms in total. The van der Waals surface area contributed by atoms with Gasteiger partial charge in [0, 0.05) is 25.9 Å². The Morgan fingerprint density at radius 1 is 1.18 bits per heavy atom. The van der Waals surface area contributed by atoms with Gasteiger partial charge in [0.1, 0.15) is 11.4 Å². The summed E-state index contributed by atoms with van der Waals surface area (Å²) in [7, 11) is 3.40. The van der Waals surface area contributed by atoms with Gasteiger partial charge in [-0.25, -0.2) is 9.37 Å². The maximum Gasteiger partial charge on any atom is 0.387 e. The molecular weight excluding hydrogens is 375 g/mol. The maximum atomic E-state index is 14.0. The highest BCUT2D eigenvalue weighted by molar-refractivity contribution is 5.69. The maximum absolute atomic E-state index is 14.0. The van der Waals surface area contributed by atoms with Crippen molar-refractivity contribution < 1.29 is 17.9 Å². The van der Waals surface area contributed by atoms with Gasteiger partial charge in [-0.1, -0.05) is 12.1 Å². The normalized spacial score (nSPS) is 10.8. The Kier molecular flexibility index (Phi) is 5.48. The third-order valence-electron chi connectivity index (χ3n) is 3.70. The molecule has 2 heterocycles. The van der Waals surface area contributed by atoms with E-state index in [1.54, 1.807) is 31.1 Å². The number of rotatable bonds is 6. The number of hydrogen-bond acceptors (Lipinski definition) is 6. The highest BCUT2D eigenvalue weighted by atomic mass is 19.3. The lowest BCUT2D eigenvalue weighted by molar-refractivity contribution is -0.0498. The molecule has 3 aromatic rings. The Morgan fingerprint density at radius 2 is 1.89 bits per heavy atom. The second kappa shape index (κ2) is 7.99. The van der Waals surface area contributed by atoms with Crippen LogP contribution in [0.3, 0.4) is 0 Å². The first kappa shape index (κ1) is 19.2. The number of ether oxygens (including phenoxy) is 1. The molecule has 0 fully saturated rings. The Bertz CT molecular complexity index is 1020. The summed E-state index contributed by atoms with van der Waals surface area (Å²) in [4.78, 5) is 24.1. The summed E-state index contributed by atoms with van der Waals surface area (Å²) in [5, 5.41) is 2.66. The highest BCUT2D eigenvalue weighted by Crippen LogP contribution is 2.25. The van der Waals surface area contributed by atoms with Crippen molar-refractivity contribution >= 4 is 17.5 Å². The van der Waals surface area contributed by atoms with E-state index in [1.807, 2.05) is 0 Å². The molecule has 0 aliphatic rings. The van der Waals surface area contributed by atoms with Crippen LogP contribution in [0.15, 0.2) is 47.5 Å². The summed E-state index contributed by atoms with van der Waals surface area (Å²) in [5.74, 6) is -0.585. The molecule has 2 aromatic heterocycles. The molecule has 1 aromatic carbocycles. The SMILES string of the molecule is CN(C)c1ncc(F)c(Nc2cc(-c3ccc(OC(F)F)cc3)c[nH]c2=O)n1. The van der Waals surface area contributed by atoms with Gasteiger partial charge in [0.05, 0.1) is 6.20 Å². The Labute approximate surface area is 157 Å². The molecule has 0 amide bonds. The van der Waals surface area contributed by atoms with Crippen LogP contribution in [0.25, 0.3) is 11.1 Å². The van der Waals surface area contributed by atoms with E-state index >= 15 is 0 Å². The fourth-order valence-corrected chi connectivity index (χ4v) is 2.36. The fourth-order valence-electron chi connectivity index (χ4n) is 2.36. The number of H-pyrrole nitrogens is 1. The smallest absolute Gasteiger partial charge is 0.387 e. The minimum absolute atomic E-state index is 0.0146. The lowest BCUT2D eigenvalue weighted by Crippen LogP contribution is -2.16. The van der Waals surface area contributed by atoms with Crippen molar-refractivity contribution in [1.82, 2.24) is 15.0 Å². The molecule has 2 N–H and O–H groups in total. The van der Waals surface area contributed by atoms with Crippen molar-refractivity contribution in [3.8, 4) is 16.9 Å². The Hall–Kier alpha value is -3.56. The lowest BCUT2D eigenvalue weighted by Gasteiger charge is -2.13. The van der Waals surface area contributed by atoms with E-state index < -0.39 is 18.0 Å². The summed E-state index contributed by atoms with van der Waals surface area (Å²) in [6.45, 7) is -2.91. The molecule has 0 spiro atoms. The van der Waals surface area contributed by atoms with Gasteiger partial charge in [0.2, 0.25) is 5.95 Å². The number of pyridine rings is 1. The van der Waals surface area contributed by atoms with Crippen molar-refractivity contribution in [3.63, 3.8) is 0 Å². The van der Waals surface area contributed by atoms with E-state index in [1.165, 1.54) is 24.4 Å². The molecule has 0 aliphatic carbocycles. The van der Waals surface area contributed by atoms with Crippen LogP contribution in [0.5, 0.6) is 5.75 Å². The molecule has 10 heteroatoms. The zero-order valence-corrected chi connectivity index (χ0v) is 14.9. The number of nitrogens with zero attached hydrogens (tertiary/aromatic N) is 3. The van der Waals surface area contributed by atoms with Crippen LogP contribution in [-0.4, -0.2) is 35.7 Å². The van der Waals surface area contributed by atoms with E-state index in [9.17, 15) is 18.0 Å². The summed E-state index contributed by atoms with van der Waals surface area (Å²) in [6, 6.07) is 7.38. The first-order valence-electron chi connectivity index (χ1n) is 8.08. The lowest BCUT2D eigenvalue weighted by atomic mass is 10.1. The number of nitrogens with one attached hydrogen (secondary N) is 2. The van der Waals surface area contributed by atoms with Crippen molar-refractivity contribution in [2.45, 2.75) is 6.61 Å². The molecular formula is C18H16F3N5O2. The third kappa shape index (κ3) is 4.40. The van der Waals surface area contributed by atoms with Gasteiger partial charge < -0.3 is 19.9 Å². The molecule has 0 unspecified atom stereocenters. The van der Waals surface area contributed by atoms with Crippen LogP contribution in [0, 0.1) is 5.82 Å². The molecule has 0 radical (unpaired) electrons. The molecule has 146 valence electrons. The Balaban J connectivity index is 1.90. The number of alkyl halides is 2. The number of benzene rings is 1. The predicted molar refractivity (Wildman–Crippen MR) is 98.7 cm³/mol. The van der Waals surface area contributed by atoms with Crippen LogP contribution in [-0.2, 0) is 0 Å². The van der Waals surface area contributed by atoms with E-state index in [0.717, 1.165) is 6.20 Å². The van der Waals surface area contributed by atoms with Gasteiger partial charge in [0.15, 0.2) is 11.6 Å². The van der Waals surface area contributed by atoms with Crippen molar-refractivity contribution in [3.05, 3.63) is 58.9 Å². The summed E-state index contributed by atoms with van der Waals surface area (Å²) in [6.07, 6.45) is 2.46. The van der Waals surface area contributed by atoms with Gasteiger partial charge in [-0.3, -0.25) is 4.79 Å². The number of aromatic nitrogens is 3. The minimum Gasteiger partial charge on any atom is -0.435 e. The molecule has 0 aliphatic heterocycles. The predicted octanol–water partition coefficient (Wildman–Crippen LogP) is 3.38. The summed E-state index contributed by atoms with van der Waals surface area (Å²) in [5.41, 5.74) is 0.796. The number of aromatic amines is 1. The van der Waals surface area contributed by atoms with Crippen molar-refractivity contribution in [1.29, 1.82) is 0 Å². The molecule has 28 heavy (non-hydrogen) atoms. The fraction of sp³-hybridized carbons (Fsp3) is 0.167. The zero-order chi connectivity index (χ0) is 20.3. The summed E-state index contributed by atoms with van der Waals surface area (Å²) < 4.78 is 42.8. The molecule has 0 saturated carbocycles. The average molecular weight is 391 g/mol. The quantitative estimate of drug-likeness (QED) is 0.670. The van der Waals surface area contributed by atoms with E-state index in [4.69, 9.17) is 0 Å². The average Bonchev–Trinajstić information content (AvgIpc) is 2.65. The third-order valence-corrected chi connectivity index (χ3v) is 3.70. The van der Waals surface area contributed by atoms with Crippen LogP contribution in [0.4, 0.5) is 30.6 Å². The van der Waals surface area contributed by atoms with Crippen LogP contribution < -0.4 is 20.5 Å². The number of halogens is 3. The number of anilines is 3. The highest BCUT2D eigenvalue weighted by Gasteiger charge is 2.12. The van der Waals surface area contributed by atoms with Gasteiger partial charge in [-0.05, 0) is 23.8 Å². The minimum atomic E-state index is -2.91. The van der Waals surface area contributed by atoms with Gasteiger partial charge in [0.25, 0.3) is 5.56 Å². The van der Waals surface area contributed by atoms with Crippen LogP contribution in [0.1, 0.15) is 0 Å². The van der Waals surface area contributed by atoms with E-state index in [0.29, 0.717) is 11.1 Å². The van der Waals surface area contributed by atoms with Crippen LogP contribution in [0.2, 0.25) is 0 Å². The number of hydrogen-bond donors (Lipinski definition) is 2. The standard InChI is InChI=1S/C18H16F3N5O2/c1-26(2)18-23-9-13(19)15(25-18)24-14-7-11(8-22-16(14)27)10-3-5-12(6-4-10)28-17(20)21/h3-9,17H,1-2H3,(H,22,27)(H,23,24,25). The zero-order valence-electron chi connectivity index (χ0n) is 14.9. The second-order valence-electron chi connectivity index (χ2n) is 5.92. The van der Waals surface area contributed by atoms with E-state index in [-0.39, 0.29) is 23.2 Å². The second-order valence-corrected chi connectivity index (χ2v) is 5.92. The van der Waals surface area contributed by atoms with Gasteiger partial charge in [-0.15, -0.1) is 0 Å².